The fourth-order valence-electron chi connectivity index (χ4n) is 3.18. The van der Waals surface area contributed by atoms with E-state index >= 15 is 0 Å². The Labute approximate surface area is 136 Å². The summed E-state index contributed by atoms with van der Waals surface area (Å²) in [5.74, 6) is -0.220. The predicted octanol–water partition coefficient (Wildman–Crippen LogP) is 3.14. The Morgan fingerprint density at radius 1 is 1.22 bits per heavy atom. The van der Waals surface area contributed by atoms with Gasteiger partial charge in [-0.3, -0.25) is 0 Å². The predicted molar refractivity (Wildman–Crippen MR) is 84.6 cm³/mol. The van der Waals surface area contributed by atoms with Crippen LogP contribution in [0.1, 0.15) is 38.2 Å². The number of piperidine rings is 1. The first-order valence-electron chi connectivity index (χ1n) is 8.55. The molecule has 1 aliphatic carbocycles. The van der Waals surface area contributed by atoms with Gasteiger partial charge in [-0.05, 0) is 44.9 Å². The highest BCUT2D eigenvalue weighted by Crippen LogP contribution is 2.30. The lowest BCUT2D eigenvalue weighted by molar-refractivity contribution is 0.0488. The van der Waals surface area contributed by atoms with E-state index in [1.807, 2.05) is 6.92 Å². The minimum absolute atomic E-state index is 0.127. The second-order valence-electron chi connectivity index (χ2n) is 6.93. The molecule has 2 unspecified atom stereocenters. The van der Waals surface area contributed by atoms with E-state index in [1.54, 1.807) is 0 Å². The standard InChI is InChI=1S/C18H25F2NO2/c1-12-8-14(22)4-6-21(12)7-5-16-17(19)9-15(10-18(16)20)23-11-13-2-3-13/h9-10,12-14,22H,2-8,11H2,1H3. The molecule has 0 amide bonds. The Morgan fingerprint density at radius 3 is 2.52 bits per heavy atom. The van der Waals surface area contributed by atoms with Crippen molar-refractivity contribution in [2.24, 2.45) is 5.92 Å². The third-order valence-corrected chi connectivity index (χ3v) is 4.93. The highest BCUT2D eigenvalue weighted by molar-refractivity contribution is 5.31. The Bertz CT molecular complexity index is 525. The SMILES string of the molecule is CC1CC(O)CCN1CCc1c(F)cc(OCC2CC2)cc1F. The highest BCUT2D eigenvalue weighted by atomic mass is 19.1. The minimum Gasteiger partial charge on any atom is -0.493 e. The van der Waals surface area contributed by atoms with Crippen LogP contribution in [0.15, 0.2) is 12.1 Å². The number of aliphatic hydroxyl groups excluding tert-OH is 1. The molecule has 1 saturated carbocycles. The molecule has 5 heteroatoms. The summed E-state index contributed by atoms with van der Waals surface area (Å²) in [7, 11) is 0. The Balaban J connectivity index is 1.58. The third-order valence-electron chi connectivity index (χ3n) is 4.93. The quantitative estimate of drug-likeness (QED) is 0.872. The smallest absolute Gasteiger partial charge is 0.133 e. The van der Waals surface area contributed by atoms with Gasteiger partial charge in [0.15, 0.2) is 0 Å². The van der Waals surface area contributed by atoms with Crippen molar-refractivity contribution < 1.29 is 18.6 Å². The van der Waals surface area contributed by atoms with Crippen molar-refractivity contribution in [1.29, 1.82) is 0 Å². The number of likely N-dealkylation sites (tertiary alicyclic amines) is 1. The average molecular weight is 325 g/mol. The van der Waals surface area contributed by atoms with Gasteiger partial charge in [-0.2, -0.15) is 0 Å². The van der Waals surface area contributed by atoms with Gasteiger partial charge in [-0.25, -0.2) is 8.78 Å². The van der Waals surface area contributed by atoms with Crippen molar-refractivity contribution in [2.75, 3.05) is 19.7 Å². The highest BCUT2D eigenvalue weighted by Gasteiger charge is 2.25. The van der Waals surface area contributed by atoms with Crippen molar-refractivity contribution in [2.45, 2.75) is 51.2 Å². The van der Waals surface area contributed by atoms with Gasteiger partial charge in [-0.15, -0.1) is 0 Å². The Morgan fingerprint density at radius 2 is 1.91 bits per heavy atom. The number of hydrogen-bond donors (Lipinski definition) is 1. The van der Waals surface area contributed by atoms with Crippen molar-refractivity contribution in [3.8, 4) is 5.75 Å². The number of hydrogen-bond acceptors (Lipinski definition) is 3. The van der Waals surface area contributed by atoms with Gasteiger partial charge >= 0.3 is 0 Å². The molecule has 1 aromatic rings. The molecule has 0 radical (unpaired) electrons. The van der Waals surface area contributed by atoms with Crippen molar-refractivity contribution >= 4 is 0 Å². The van der Waals surface area contributed by atoms with Crippen LogP contribution in [0.2, 0.25) is 0 Å². The zero-order chi connectivity index (χ0) is 16.4. The van der Waals surface area contributed by atoms with Crippen LogP contribution >= 0.6 is 0 Å². The summed E-state index contributed by atoms with van der Waals surface area (Å²) in [6, 6.07) is 2.83. The topological polar surface area (TPSA) is 32.7 Å². The van der Waals surface area contributed by atoms with E-state index in [9.17, 15) is 13.9 Å². The van der Waals surface area contributed by atoms with E-state index in [1.165, 1.54) is 12.1 Å². The molecular weight excluding hydrogens is 300 g/mol. The van der Waals surface area contributed by atoms with E-state index < -0.39 is 11.6 Å². The first kappa shape index (κ1) is 16.7. The summed E-state index contributed by atoms with van der Waals surface area (Å²) in [6.45, 7) is 3.97. The summed E-state index contributed by atoms with van der Waals surface area (Å²) in [4.78, 5) is 2.18. The van der Waals surface area contributed by atoms with Gasteiger partial charge < -0.3 is 14.7 Å². The Hall–Kier alpha value is -1.20. The molecule has 1 N–H and O–H groups in total. The fraction of sp³-hybridized carbons (Fsp3) is 0.667. The Kier molecular flexibility index (Phi) is 5.17. The first-order chi connectivity index (χ1) is 11.0. The first-order valence-corrected chi connectivity index (χ1v) is 8.55. The average Bonchev–Trinajstić information content (AvgIpc) is 3.30. The summed E-state index contributed by atoms with van der Waals surface area (Å²) < 4.78 is 33.8. The van der Waals surface area contributed by atoms with Crippen LogP contribution in [-0.4, -0.2) is 41.8 Å². The molecule has 1 aromatic carbocycles. The van der Waals surface area contributed by atoms with Crippen LogP contribution in [0.25, 0.3) is 0 Å². The third kappa shape index (κ3) is 4.42. The van der Waals surface area contributed by atoms with E-state index in [2.05, 4.69) is 4.90 Å². The normalized spacial score (nSPS) is 25.6. The van der Waals surface area contributed by atoms with Crippen molar-refractivity contribution in [3.63, 3.8) is 0 Å². The van der Waals surface area contributed by atoms with Gasteiger partial charge in [0.25, 0.3) is 0 Å². The van der Waals surface area contributed by atoms with Gasteiger partial charge in [0.1, 0.15) is 17.4 Å². The lowest BCUT2D eigenvalue weighted by Crippen LogP contribution is -2.43. The lowest BCUT2D eigenvalue weighted by Gasteiger charge is -2.35. The number of halogens is 2. The fourth-order valence-corrected chi connectivity index (χ4v) is 3.18. The zero-order valence-electron chi connectivity index (χ0n) is 13.6. The molecule has 3 rings (SSSR count). The zero-order valence-corrected chi connectivity index (χ0v) is 13.6. The van der Waals surface area contributed by atoms with Crippen LogP contribution in [0.5, 0.6) is 5.75 Å². The molecule has 128 valence electrons. The molecule has 2 aliphatic rings. The summed E-state index contributed by atoms with van der Waals surface area (Å²) in [6.07, 6.45) is 3.82. The molecule has 2 atom stereocenters. The molecule has 1 heterocycles. The van der Waals surface area contributed by atoms with E-state index in [4.69, 9.17) is 4.74 Å². The van der Waals surface area contributed by atoms with Crippen LogP contribution in [0.4, 0.5) is 8.78 Å². The van der Waals surface area contributed by atoms with Crippen LogP contribution < -0.4 is 4.74 Å². The number of ether oxygens (including phenoxy) is 1. The van der Waals surface area contributed by atoms with Crippen molar-refractivity contribution in [1.82, 2.24) is 4.90 Å². The summed E-state index contributed by atoms with van der Waals surface area (Å²) in [5, 5.41) is 9.63. The van der Waals surface area contributed by atoms with Gasteiger partial charge in [0.05, 0.1) is 12.7 Å². The maximum Gasteiger partial charge on any atom is 0.133 e. The molecule has 0 spiro atoms. The molecule has 1 aliphatic heterocycles. The molecular formula is C18H25F2NO2. The van der Waals surface area contributed by atoms with Gasteiger partial charge in [-0.1, -0.05) is 0 Å². The minimum atomic E-state index is -0.527. The molecule has 1 saturated heterocycles. The number of rotatable bonds is 6. The molecule has 0 bridgehead atoms. The number of nitrogens with zero attached hydrogens (tertiary/aromatic N) is 1. The molecule has 3 nitrogen and oxygen atoms in total. The monoisotopic (exact) mass is 325 g/mol. The van der Waals surface area contributed by atoms with Crippen LogP contribution in [0.3, 0.4) is 0 Å². The molecule has 23 heavy (non-hydrogen) atoms. The summed E-state index contributed by atoms with van der Waals surface area (Å²) >= 11 is 0. The van der Waals surface area contributed by atoms with E-state index in [-0.39, 0.29) is 23.5 Å². The van der Waals surface area contributed by atoms with Crippen LogP contribution in [0, 0.1) is 17.6 Å². The number of aliphatic hydroxyl groups is 1. The molecule has 0 aromatic heterocycles. The van der Waals surface area contributed by atoms with Crippen molar-refractivity contribution in [3.05, 3.63) is 29.3 Å². The second-order valence-corrected chi connectivity index (χ2v) is 6.93. The second kappa shape index (κ2) is 7.14. The maximum absolute atomic E-state index is 14.2. The van der Waals surface area contributed by atoms with Crippen LogP contribution in [-0.2, 0) is 6.42 Å². The lowest BCUT2D eigenvalue weighted by atomic mass is 10.00. The maximum atomic E-state index is 14.2. The van der Waals surface area contributed by atoms with E-state index in [0.717, 1.165) is 32.2 Å². The van der Waals surface area contributed by atoms with E-state index in [0.29, 0.717) is 25.5 Å². The van der Waals surface area contributed by atoms with Gasteiger partial charge in [0, 0.05) is 36.8 Å². The van der Waals surface area contributed by atoms with Gasteiger partial charge in [0.2, 0.25) is 0 Å². The summed E-state index contributed by atoms with van der Waals surface area (Å²) in [5.41, 5.74) is 0.127. The molecule has 2 fully saturated rings. The largest absolute Gasteiger partial charge is 0.493 e. The number of benzene rings is 1.